The van der Waals surface area contributed by atoms with E-state index in [1.807, 2.05) is 65.1 Å². The van der Waals surface area contributed by atoms with Crippen LogP contribution in [0.5, 0.6) is 0 Å². The molecular weight excluding hydrogens is 298 g/mol. The number of hydrogen-bond acceptors (Lipinski definition) is 2. The molecule has 0 aliphatic rings. The zero-order chi connectivity index (χ0) is 16.7. The van der Waals surface area contributed by atoms with Crippen LogP contribution in [-0.4, -0.2) is 19.7 Å². The van der Waals surface area contributed by atoms with Crippen LogP contribution in [-0.2, 0) is 6.54 Å². The predicted octanol–water partition coefficient (Wildman–Crippen LogP) is 4.34. The summed E-state index contributed by atoms with van der Waals surface area (Å²) in [5.41, 5.74) is 4.31. The van der Waals surface area contributed by atoms with Gasteiger partial charge in [-0.05, 0) is 12.1 Å². The van der Waals surface area contributed by atoms with E-state index in [2.05, 4.69) is 11.1 Å². The fourth-order valence-corrected chi connectivity index (χ4v) is 3.24. The normalized spacial score (nSPS) is 11.2. The first-order valence-electron chi connectivity index (χ1n) is 7.89. The smallest absolute Gasteiger partial charge is 0.216 e. The number of fused-ring (bicyclic) bond motifs is 3. The number of benzene rings is 2. The Kier molecular flexibility index (Phi) is 3.31. The molecule has 2 heterocycles. The number of imidazole rings is 2. The summed E-state index contributed by atoms with van der Waals surface area (Å²) in [5.74, 6) is 0.767. The highest BCUT2D eigenvalue weighted by Crippen LogP contribution is 2.30. The highest BCUT2D eigenvalue weighted by Gasteiger charge is 2.22. The van der Waals surface area contributed by atoms with Crippen LogP contribution in [0, 0.1) is 0 Å². The Hall–Kier alpha value is -3.14. The van der Waals surface area contributed by atoms with Gasteiger partial charge < -0.3 is 4.57 Å². The fraction of sp³-hybridized carbons (Fsp3) is 0.100. The first-order valence-corrected chi connectivity index (χ1v) is 7.89. The van der Waals surface area contributed by atoms with E-state index in [0.717, 1.165) is 28.1 Å². The van der Waals surface area contributed by atoms with Gasteiger partial charge in [0.15, 0.2) is 5.78 Å². The lowest BCUT2D eigenvalue weighted by atomic mass is 10.1. The third-order valence-corrected chi connectivity index (χ3v) is 4.21. The SMILES string of the molecule is C=CCn1c2ccccc2n2c(C(C)=O)c(-c3ccccc3)nc12. The van der Waals surface area contributed by atoms with Crippen LogP contribution in [0.3, 0.4) is 0 Å². The van der Waals surface area contributed by atoms with Crippen molar-refractivity contribution in [3.63, 3.8) is 0 Å². The molecule has 0 atom stereocenters. The van der Waals surface area contributed by atoms with E-state index in [0.29, 0.717) is 12.2 Å². The van der Waals surface area contributed by atoms with Gasteiger partial charge in [-0.15, -0.1) is 6.58 Å². The van der Waals surface area contributed by atoms with E-state index in [-0.39, 0.29) is 5.78 Å². The minimum atomic E-state index is 0.00265. The monoisotopic (exact) mass is 315 g/mol. The molecule has 0 unspecified atom stereocenters. The second-order valence-corrected chi connectivity index (χ2v) is 5.75. The highest BCUT2D eigenvalue weighted by atomic mass is 16.1. The van der Waals surface area contributed by atoms with Crippen LogP contribution in [0.4, 0.5) is 0 Å². The van der Waals surface area contributed by atoms with Crippen molar-refractivity contribution >= 4 is 22.6 Å². The van der Waals surface area contributed by atoms with Crippen LogP contribution in [0.2, 0.25) is 0 Å². The highest BCUT2D eigenvalue weighted by molar-refractivity contribution is 6.01. The van der Waals surface area contributed by atoms with E-state index in [4.69, 9.17) is 4.98 Å². The molecule has 4 rings (SSSR count). The molecule has 0 amide bonds. The Morgan fingerprint density at radius 2 is 1.75 bits per heavy atom. The van der Waals surface area contributed by atoms with Crippen molar-refractivity contribution in [3.8, 4) is 11.3 Å². The average molecular weight is 315 g/mol. The van der Waals surface area contributed by atoms with Gasteiger partial charge in [0.05, 0.1) is 11.0 Å². The number of carbonyl (C=O) groups excluding carboxylic acids is 1. The Labute approximate surface area is 139 Å². The second-order valence-electron chi connectivity index (χ2n) is 5.75. The number of rotatable bonds is 4. The van der Waals surface area contributed by atoms with Gasteiger partial charge in [-0.3, -0.25) is 9.20 Å². The summed E-state index contributed by atoms with van der Waals surface area (Å²) in [4.78, 5) is 17.3. The molecule has 0 N–H and O–H groups in total. The molecule has 0 bridgehead atoms. The van der Waals surface area contributed by atoms with Gasteiger partial charge in [0.1, 0.15) is 11.4 Å². The van der Waals surface area contributed by atoms with E-state index >= 15 is 0 Å². The molecule has 24 heavy (non-hydrogen) atoms. The van der Waals surface area contributed by atoms with Gasteiger partial charge in [-0.25, -0.2) is 4.98 Å². The molecule has 0 spiro atoms. The summed E-state index contributed by atoms with van der Waals surface area (Å²) >= 11 is 0. The largest absolute Gasteiger partial charge is 0.306 e. The minimum Gasteiger partial charge on any atom is -0.306 e. The molecule has 4 nitrogen and oxygen atoms in total. The van der Waals surface area contributed by atoms with E-state index in [9.17, 15) is 4.79 Å². The van der Waals surface area contributed by atoms with E-state index in [1.165, 1.54) is 0 Å². The van der Waals surface area contributed by atoms with Crippen molar-refractivity contribution in [1.29, 1.82) is 0 Å². The lowest BCUT2D eigenvalue weighted by molar-refractivity contribution is 0.101. The standard InChI is InChI=1S/C20H17N3O/c1-3-13-22-16-11-7-8-12-17(16)23-19(14(2)24)18(21-20(22)23)15-9-5-4-6-10-15/h3-12H,1,13H2,2H3. The molecule has 118 valence electrons. The summed E-state index contributed by atoms with van der Waals surface area (Å²) in [7, 11) is 0. The molecule has 0 saturated heterocycles. The Morgan fingerprint density at radius 3 is 2.42 bits per heavy atom. The first-order chi connectivity index (χ1) is 11.7. The van der Waals surface area contributed by atoms with E-state index < -0.39 is 0 Å². The van der Waals surface area contributed by atoms with Crippen LogP contribution >= 0.6 is 0 Å². The minimum absolute atomic E-state index is 0.00265. The summed E-state index contributed by atoms with van der Waals surface area (Å²) in [6.07, 6.45) is 1.84. The molecular formula is C20H17N3O. The fourth-order valence-electron chi connectivity index (χ4n) is 3.24. The van der Waals surface area contributed by atoms with Gasteiger partial charge in [-0.1, -0.05) is 48.5 Å². The zero-order valence-electron chi connectivity index (χ0n) is 13.4. The second kappa shape index (κ2) is 5.49. The van der Waals surface area contributed by atoms with Gasteiger partial charge >= 0.3 is 0 Å². The van der Waals surface area contributed by atoms with Crippen LogP contribution in [0.15, 0.2) is 67.3 Å². The summed E-state index contributed by atoms with van der Waals surface area (Å²) in [5, 5.41) is 0. The van der Waals surface area contributed by atoms with Crippen molar-refractivity contribution < 1.29 is 4.79 Å². The number of ketones is 1. The maximum atomic E-state index is 12.4. The Bertz CT molecular complexity index is 1070. The van der Waals surface area contributed by atoms with Crippen molar-refractivity contribution in [3.05, 3.63) is 72.9 Å². The van der Waals surface area contributed by atoms with Gasteiger partial charge in [-0.2, -0.15) is 0 Å². The number of aromatic nitrogens is 3. The lowest BCUT2D eigenvalue weighted by Crippen LogP contribution is -2.00. The van der Waals surface area contributed by atoms with Gasteiger partial charge in [0.2, 0.25) is 5.78 Å². The van der Waals surface area contributed by atoms with Gasteiger partial charge in [0, 0.05) is 19.0 Å². The molecule has 0 saturated carbocycles. The average Bonchev–Trinajstić information content (AvgIpc) is 3.13. The quantitative estimate of drug-likeness (QED) is 0.415. The number of Topliss-reactive ketones (excluding diaryl/α,β-unsaturated/α-hetero) is 1. The summed E-state index contributed by atoms with van der Waals surface area (Å²) < 4.78 is 4.05. The number of hydrogen-bond donors (Lipinski definition) is 0. The predicted molar refractivity (Wildman–Crippen MR) is 96.3 cm³/mol. The molecule has 0 fully saturated rings. The number of allylic oxidation sites excluding steroid dienone is 1. The topological polar surface area (TPSA) is 39.3 Å². The summed E-state index contributed by atoms with van der Waals surface area (Å²) in [6, 6.07) is 17.9. The van der Waals surface area contributed by atoms with Crippen molar-refractivity contribution in [2.75, 3.05) is 0 Å². The van der Waals surface area contributed by atoms with Crippen LogP contribution in [0.25, 0.3) is 28.1 Å². The maximum Gasteiger partial charge on any atom is 0.216 e. The van der Waals surface area contributed by atoms with Crippen molar-refractivity contribution in [1.82, 2.24) is 14.0 Å². The molecule has 4 heteroatoms. The number of para-hydroxylation sites is 2. The van der Waals surface area contributed by atoms with E-state index in [1.54, 1.807) is 6.92 Å². The molecule has 4 aromatic rings. The van der Waals surface area contributed by atoms with Crippen LogP contribution < -0.4 is 0 Å². The van der Waals surface area contributed by atoms with Crippen molar-refractivity contribution in [2.45, 2.75) is 13.5 Å². The van der Waals surface area contributed by atoms with Crippen molar-refractivity contribution in [2.24, 2.45) is 0 Å². The third kappa shape index (κ3) is 2.00. The zero-order valence-corrected chi connectivity index (χ0v) is 13.4. The molecule has 0 aliphatic carbocycles. The Balaban J connectivity index is 2.17. The Morgan fingerprint density at radius 1 is 1.08 bits per heavy atom. The van der Waals surface area contributed by atoms with Gasteiger partial charge in [0.25, 0.3) is 0 Å². The van der Waals surface area contributed by atoms with Crippen LogP contribution in [0.1, 0.15) is 17.4 Å². The lowest BCUT2D eigenvalue weighted by Gasteiger charge is -2.02. The molecule has 2 aromatic carbocycles. The summed E-state index contributed by atoms with van der Waals surface area (Å²) in [6.45, 7) is 6.08. The molecule has 2 aromatic heterocycles. The third-order valence-electron chi connectivity index (χ3n) is 4.21. The molecule has 0 aliphatic heterocycles. The molecule has 0 radical (unpaired) electrons. The number of carbonyl (C=O) groups is 1. The first kappa shape index (κ1) is 14.5. The maximum absolute atomic E-state index is 12.4. The number of nitrogens with zero attached hydrogens (tertiary/aromatic N) is 3.